The van der Waals surface area contributed by atoms with E-state index in [2.05, 4.69) is 21.2 Å². The van der Waals surface area contributed by atoms with Crippen LogP contribution in [-0.4, -0.2) is 50.0 Å². The molecule has 1 N–H and O–H groups in total. The highest BCUT2D eigenvalue weighted by molar-refractivity contribution is 9.10. The highest BCUT2D eigenvalue weighted by atomic mass is 79.9. The minimum absolute atomic E-state index is 0.0678. The molecule has 0 aromatic heterocycles. The van der Waals surface area contributed by atoms with Gasteiger partial charge in [0, 0.05) is 28.5 Å². The third kappa shape index (κ3) is 8.81. The van der Waals surface area contributed by atoms with E-state index >= 15 is 0 Å². The molecule has 0 aliphatic carbocycles. The third-order valence-corrected chi connectivity index (χ3v) is 8.35. The summed E-state index contributed by atoms with van der Waals surface area (Å²) in [6.45, 7) is 3.45. The maximum Gasteiger partial charge on any atom is 0.244 e. The Morgan fingerprint density at radius 3 is 2.23 bits per heavy atom. The van der Waals surface area contributed by atoms with E-state index in [0.717, 1.165) is 28.1 Å². The molecule has 0 unspecified atom stereocenters. The summed E-state index contributed by atoms with van der Waals surface area (Å²) in [7, 11) is -3.84. The predicted octanol–water partition coefficient (Wildman–Crippen LogP) is 5.42. The summed E-state index contributed by atoms with van der Waals surface area (Å²) in [6.07, 6.45) is 2.03. The van der Waals surface area contributed by atoms with Crippen molar-refractivity contribution < 1.29 is 18.0 Å². The number of hydrogen-bond donors (Lipinski definition) is 1. The van der Waals surface area contributed by atoms with Crippen LogP contribution in [0.1, 0.15) is 31.4 Å². The second-order valence-electron chi connectivity index (χ2n) is 9.40. The number of carbonyl (C=O) groups is 2. The molecule has 0 radical (unpaired) electrons. The molecule has 0 fully saturated rings. The number of nitrogens with zero attached hydrogens (tertiary/aromatic N) is 2. The van der Waals surface area contributed by atoms with Crippen LogP contribution in [-0.2, 0) is 32.6 Å². The minimum Gasteiger partial charge on any atom is -0.352 e. The zero-order chi connectivity index (χ0) is 28.6. The van der Waals surface area contributed by atoms with Crippen LogP contribution in [0.15, 0.2) is 83.3 Å². The number of halogens is 2. The maximum atomic E-state index is 14.1. The molecule has 3 aromatic rings. The van der Waals surface area contributed by atoms with Gasteiger partial charge in [0.1, 0.15) is 12.6 Å². The van der Waals surface area contributed by atoms with E-state index in [9.17, 15) is 18.0 Å². The van der Waals surface area contributed by atoms with Gasteiger partial charge >= 0.3 is 0 Å². The number of benzene rings is 3. The SMILES string of the molecule is CC[C@@H](C)NC(=O)[C@@H](Cc1ccccc1)N(Cc1cccc(Cl)c1)C(=O)CN(c1ccccc1Br)S(C)(=O)=O. The van der Waals surface area contributed by atoms with Crippen molar-refractivity contribution in [2.24, 2.45) is 0 Å². The molecule has 0 saturated heterocycles. The first-order valence-electron chi connectivity index (χ1n) is 12.6. The van der Waals surface area contributed by atoms with E-state index in [4.69, 9.17) is 11.6 Å². The highest BCUT2D eigenvalue weighted by Gasteiger charge is 2.33. The third-order valence-electron chi connectivity index (χ3n) is 6.31. The number of amides is 2. The van der Waals surface area contributed by atoms with Gasteiger partial charge in [0.15, 0.2) is 0 Å². The van der Waals surface area contributed by atoms with E-state index in [1.165, 1.54) is 4.90 Å². The Morgan fingerprint density at radius 1 is 0.974 bits per heavy atom. The first-order chi connectivity index (χ1) is 18.5. The molecule has 3 rings (SSSR count). The van der Waals surface area contributed by atoms with Crippen molar-refractivity contribution in [1.82, 2.24) is 10.2 Å². The fraction of sp³-hybridized carbons (Fsp3) is 0.310. The van der Waals surface area contributed by atoms with Gasteiger partial charge in [0.05, 0.1) is 11.9 Å². The Morgan fingerprint density at radius 2 is 1.62 bits per heavy atom. The first-order valence-corrected chi connectivity index (χ1v) is 15.6. The van der Waals surface area contributed by atoms with Crippen molar-refractivity contribution in [3.63, 3.8) is 0 Å². The molecule has 2 atom stereocenters. The predicted molar refractivity (Wildman–Crippen MR) is 160 cm³/mol. The van der Waals surface area contributed by atoms with Crippen molar-refractivity contribution >= 4 is 55.1 Å². The van der Waals surface area contributed by atoms with Gasteiger partial charge in [0.2, 0.25) is 21.8 Å². The summed E-state index contributed by atoms with van der Waals surface area (Å²) < 4.78 is 27.3. The lowest BCUT2D eigenvalue weighted by atomic mass is 10.0. The number of para-hydroxylation sites is 1. The van der Waals surface area contributed by atoms with E-state index in [1.54, 1.807) is 42.5 Å². The summed E-state index contributed by atoms with van der Waals surface area (Å²) >= 11 is 9.63. The Kier molecular flexibility index (Phi) is 11.0. The molecule has 0 bridgehead atoms. The van der Waals surface area contributed by atoms with E-state index < -0.39 is 28.5 Å². The standard InChI is InChI=1S/C29H33BrClN3O4S/c1-4-21(2)32-29(36)27(18-22-11-6-5-7-12-22)33(19-23-13-10-14-24(31)17-23)28(35)20-34(39(3,37)38)26-16-9-8-15-25(26)30/h5-17,21,27H,4,18-20H2,1-3H3,(H,32,36)/t21-,27-/m1/s1. The molecule has 0 saturated carbocycles. The molecule has 39 heavy (non-hydrogen) atoms. The van der Waals surface area contributed by atoms with Gasteiger partial charge in [0.25, 0.3) is 0 Å². The van der Waals surface area contributed by atoms with Crippen LogP contribution in [0.2, 0.25) is 5.02 Å². The monoisotopic (exact) mass is 633 g/mol. The summed E-state index contributed by atoms with van der Waals surface area (Å²) in [5, 5.41) is 3.50. The van der Waals surface area contributed by atoms with Crippen LogP contribution in [0.3, 0.4) is 0 Å². The summed E-state index contributed by atoms with van der Waals surface area (Å²) in [4.78, 5) is 29.2. The van der Waals surface area contributed by atoms with Crippen LogP contribution in [0.4, 0.5) is 5.69 Å². The van der Waals surface area contributed by atoms with Crippen molar-refractivity contribution in [2.45, 2.75) is 45.3 Å². The zero-order valence-electron chi connectivity index (χ0n) is 22.2. The second-order valence-corrected chi connectivity index (χ2v) is 12.6. The molecule has 0 spiro atoms. The summed E-state index contributed by atoms with van der Waals surface area (Å²) in [5.41, 5.74) is 1.92. The average Bonchev–Trinajstić information content (AvgIpc) is 2.89. The lowest BCUT2D eigenvalue weighted by Gasteiger charge is -2.34. The van der Waals surface area contributed by atoms with Crippen molar-refractivity contribution in [3.05, 3.63) is 99.5 Å². The number of hydrogen-bond acceptors (Lipinski definition) is 4. The van der Waals surface area contributed by atoms with Crippen molar-refractivity contribution in [2.75, 3.05) is 17.1 Å². The van der Waals surface area contributed by atoms with Crippen LogP contribution < -0.4 is 9.62 Å². The summed E-state index contributed by atoms with van der Waals surface area (Å²) in [6, 6.07) is 22.3. The lowest BCUT2D eigenvalue weighted by molar-refractivity contribution is -0.140. The zero-order valence-corrected chi connectivity index (χ0v) is 25.3. The quantitative estimate of drug-likeness (QED) is 0.288. The van der Waals surface area contributed by atoms with Crippen molar-refractivity contribution in [1.29, 1.82) is 0 Å². The Hall–Kier alpha value is -2.88. The fourth-order valence-corrected chi connectivity index (χ4v) is 5.77. The maximum absolute atomic E-state index is 14.1. The average molecular weight is 635 g/mol. The van der Waals surface area contributed by atoms with Gasteiger partial charge in [-0.3, -0.25) is 13.9 Å². The second kappa shape index (κ2) is 14.0. The van der Waals surface area contributed by atoms with Crippen LogP contribution >= 0.6 is 27.5 Å². The van der Waals surface area contributed by atoms with Gasteiger partial charge in [-0.2, -0.15) is 0 Å². The molecular weight excluding hydrogens is 602 g/mol. The lowest BCUT2D eigenvalue weighted by Crippen LogP contribution is -2.54. The molecule has 0 aliphatic rings. The van der Waals surface area contributed by atoms with Crippen LogP contribution in [0, 0.1) is 0 Å². The van der Waals surface area contributed by atoms with Gasteiger partial charge in [-0.25, -0.2) is 8.42 Å². The molecule has 7 nitrogen and oxygen atoms in total. The van der Waals surface area contributed by atoms with Crippen LogP contribution in [0.5, 0.6) is 0 Å². The molecule has 3 aromatic carbocycles. The van der Waals surface area contributed by atoms with Crippen LogP contribution in [0.25, 0.3) is 0 Å². The topological polar surface area (TPSA) is 86.8 Å². The fourth-order valence-electron chi connectivity index (χ4n) is 4.08. The summed E-state index contributed by atoms with van der Waals surface area (Å²) in [5.74, 6) is -0.827. The van der Waals surface area contributed by atoms with Gasteiger partial charge in [-0.15, -0.1) is 0 Å². The number of carbonyl (C=O) groups excluding carboxylic acids is 2. The Labute approximate surface area is 244 Å². The molecule has 208 valence electrons. The first kappa shape index (κ1) is 30.7. The van der Waals surface area contributed by atoms with E-state index in [0.29, 0.717) is 15.2 Å². The Balaban J connectivity index is 2.07. The van der Waals surface area contributed by atoms with Gasteiger partial charge in [-0.05, 0) is 64.7 Å². The van der Waals surface area contributed by atoms with Gasteiger partial charge in [-0.1, -0.05) is 73.1 Å². The van der Waals surface area contributed by atoms with Gasteiger partial charge < -0.3 is 10.2 Å². The number of rotatable bonds is 12. The van der Waals surface area contributed by atoms with Crippen molar-refractivity contribution in [3.8, 4) is 0 Å². The number of nitrogens with one attached hydrogen (secondary N) is 1. The Bertz CT molecular complexity index is 1390. The highest BCUT2D eigenvalue weighted by Crippen LogP contribution is 2.28. The number of sulfonamides is 1. The molecule has 0 aliphatic heterocycles. The smallest absolute Gasteiger partial charge is 0.244 e. The molecular formula is C29H33BrClN3O4S. The molecule has 2 amide bonds. The minimum atomic E-state index is -3.84. The van der Waals surface area contributed by atoms with E-state index in [-0.39, 0.29) is 24.9 Å². The molecule has 0 heterocycles. The molecule has 10 heteroatoms. The number of anilines is 1. The largest absolute Gasteiger partial charge is 0.352 e. The normalized spacial score (nSPS) is 12.8. The van der Waals surface area contributed by atoms with E-state index in [1.807, 2.05) is 50.2 Å².